The second-order valence-corrected chi connectivity index (χ2v) is 11.5. The van der Waals surface area contributed by atoms with Crippen LogP contribution in [0.5, 0.6) is 0 Å². The number of rotatable bonds is 4. The Bertz CT molecular complexity index is 2080. The molecule has 2 nitrogen and oxygen atoms in total. The third-order valence-electron chi connectivity index (χ3n) is 8.67. The lowest BCUT2D eigenvalue weighted by atomic mass is 9.81. The summed E-state index contributed by atoms with van der Waals surface area (Å²) in [5, 5.41) is 5.95. The van der Waals surface area contributed by atoms with Crippen molar-refractivity contribution in [2.45, 2.75) is 19.3 Å². The van der Waals surface area contributed by atoms with Crippen LogP contribution in [0.15, 0.2) is 138 Å². The monoisotopic (exact) mass is 527 g/mol. The summed E-state index contributed by atoms with van der Waals surface area (Å²) in [6, 6.07) is 47.7. The maximum absolute atomic E-state index is 6.01. The summed E-state index contributed by atoms with van der Waals surface area (Å²) in [5.74, 6) is 0. The molecule has 8 rings (SSSR count). The molecule has 0 radical (unpaired) electrons. The summed E-state index contributed by atoms with van der Waals surface area (Å²) < 4.78 is 6.01. The predicted molar refractivity (Wildman–Crippen MR) is 172 cm³/mol. The van der Waals surface area contributed by atoms with Gasteiger partial charge in [0.2, 0.25) is 0 Å². The first kappa shape index (κ1) is 23.8. The molecule has 0 fully saturated rings. The van der Waals surface area contributed by atoms with Crippen molar-refractivity contribution in [3.63, 3.8) is 0 Å². The molecular weight excluding hydrogens is 498 g/mol. The average molecular weight is 528 g/mol. The Balaban J connectivity index is 1.07. The molecule has 0 aliphatic heterocycles. The van der Waals surface area contributed by atoms with Crippen LogP contribution in [0.1, 0.15) is 25.0 Å². The van der Waals surface area contributed by atoms with Crippen molar-refractivity contribution in [3.8, 4) is 33.4 Å². The first-order valence-electron chi connectivity index (χ1n) is 14.2. The minimum atomic E-state index is -0.0765. The van der Waals surface area contributed by atoms with Gasteiger partial charge in [0.05, 0.1) is 0 Å². The maximum atomic E-state index is 6.01. The lowest BCUT2D eigenvalue weighted by Gasteiger charge is -2.23. The van der Waals surface area contributed by atoms with E-state index in [4.69, 9.17) is 4.42 Å². The predicted octanol–water partition coefficient (Wildman–Crippen LogP) is 11.0. The van der Waals surface area contributed by atoms with E-state index in [1.807, 2.05) is 12.1 Å². The molecule has 1 aliphatic rings. The number of para-hydroxylation sites is 1. The lowest BCUT2D eigenvalue weighted by molar-refractivity contribution is 0.661. The van der Waals surface area contributed by atoms with Gasteiger partial charge in [0.1, 0.15) is 11.2 Å². The van der Waals surface area contributed by atoms with Crippen molar-refractivity contribution in [2.24, 2.45) is 0 Å². The number of benzene rings is 6. The van der Waals surface area contributed by atoms with Gasteiger partial charge < -0.3 is 9.73 Å². The van der Waals surface area contributed by atoms with Crippen LogP contribution in [0.4, 0.5) is 11.4 Å². The van der Waals surface area contributed by atoms with Crippen molar-refractivity contribution in [2.75, 3.05) is 5.32 Å². The molecule has 1 heterocycles. The van der Waals surface area contributed by atoms with Crippen LogP contribution < -0.4 is 5.32 Å². The Hall–Kier alpha value is -5.08. The first-order valence-corrected chi connectivity index (χ1v) is 14.2. The normalized spacial score (nSPS) is 13.3. The fraction of sp³-hybridized carbons (Fsp3) is 0.0769. The van der Waals surface area contributed by atoms with Gasteiger partial charge in [0.25, 0.3) is 0 Å². The zero-order chi connectivity index (χ0) is 27.6. The number of furan rings is 1. The largest absolute Gasteiger partial charge is 0.456 e. The molecule has 1 N–H and O–H groups in total. The van der Waals surface area contributed by atoms with Crippen molar-refractivity contribution in [1.82, 2.24) is 0 Å². The van der Waals surface area contributed by atoms with E-state index in [9.17, 15) is 0 Å². The molecule has 0 bridgehead atoms. The van der Waals surface area contributed by atoms with Crippen LogP contribution >= 0.6 is 0 Å². The summed E-state index contributed by atoms with van der Waals surface area (Å²) in [6.07, 6.45) is 0. The maximum Gasteiger partial charge on any atom is 0.135 e. The third kappa shape index (κ3) is 3.87. The summed E-state index contributed by atoms with van der Waals surface area (Å²) in [4.78, 5) is 0. The lowest BCUT2D eigenvalue weighted by Crippen LogP contribution is -2.15. The fourth-order valence-corrected chi connectivity index (χ4v) is 6.44. The molecule has 196 valence electrons. The molecule has 41 heavy (non-hydrogen) atoms. The van der Waals surface area contributed by atoms with E-state index in [0.717, 1.165) is 33.3 Å². The molecule has 6 aromatic carbocycles. The molecule has 1 aliphatic carbocycles. The van der Waals surface area contributed by atoms with Crippen molar-refractivity contribution >= 4 is 33.3 Å². The molecule has 0 spiro atoms. The second kappa shape index (κ2) is 8.97. The zero-order valence-corrected chi connectivity index (χ0v) is 23.1. The van der Waals surface area contributed by atoms with Crippen LogP contribution in [-0.4, -0.2) is 0 Å². The summed E-state index contributed by atoms with van der Waals surface area (Å²) in [7, 11) is 0. The molecular formula is C39H29NO. The Morgan fingerprint density at radius 1 is 0.463 bits per heavy atom. The SMILES string of the molecule is CC1(C)c2cc(Nc3ccc(-c4ccc5oc6ccccc6c5c4)cc3)ccc2-c2ccc(-c3ccccc3)cc21. The van der Waals surface area contributed by atoms with Gasteiger partial charge >= 0.3 is 0 Å². The molecule has 7 aromatic rings. The van der Waals surface area contributed by atoms with Gasteiger partial charge in [-0.15, -0.1) is 0 Å². The van der Waals surface area contributed by atoms with E-state index in [0.29, 0.717) is 0 Å². The van der Waals surface area contributed by atoms with E-state index in [2.05, 4.69) is 140 Å². The summed E-state index contributed by atoms with van der Waals surface area (Å²) in [5.41, 5.74) is 14.2. The van der Waals surface area contributed by atoms with Gasteiger partial charge in [-0.2, -0.15) is 0 Å². The van der Waals surface area contributed by atoms with E-state index in [1.165, 1.54) is 44.5 Å². The number of nitrogens with one attached hydrogen (secondary N) is 1. The third-order valence-corrected chi connectivity index (χ3v) is 8.67. The standard InChI is InChI=1S/C39H29NO/c1-39(2)35-23-28(25-8-4-3-5-9-25)14-19-31(35)32-20-18-30(24-36(32)39)40-29-16-12-26(13-17-29)27-15-21-38-34(22-27)33-10-6-7-11-37(33)41-38/h3-24,40H,1-2H3. The van der Waals surface area contributed by atoms with E-state index in [1.54, 1.807) is 0 Å². The van der Waals surface area contributed by atoms with Crippen LogP contribution in [0.2, 0.25) is 0 Å². The van der Waals surface area contributed by atoms with Gasteiger partial charge in [0.15, 0.2) is 0 Å². The van der Waals surface area contributed by atoms with Crippen LogP contribution in [-0.2, 0) is 5.41 Å². The molecule has 0 amide bonds. The molecule has 1 aromatic heterocycles. The highest BCUT2D eigenvalue weighted by Crippen LogP contribution is 2.50. The number of hydrogen-bond acceptors (Lipinski definition) is 2. The molecule has 0 atom stereocenters. The highest BCUT2D eigenvalue weighted by atomic mass is 16.3. The Labute approximate surface area is 239 Å². The second-order valence-electron chi connectivity index (χ2n) is 11.5. The van der Waals surface area contributed by atoms with Crippen LogP contribution in [0, 0.1) is 0 Å². The van der Waals surface area contributed by atoms with Crippen LogP contribution in [0.3, 0.4) is 0 Å². The summed E-state index contributed by atoms with van der Waals surface area (Å²) in [6.45, 7) is 4.68. The van der Waals surface area contributed by atoms with Crippen molar-refractivity contribution in [1.29, 1.82) is 0 Å². The Morgan fingerprint density at radius 3 is 1.88 bits per heavy atom. The summed E-state index contributed by atoms with van der Waals surface area (Å²) >= 11 is 0. The van der Waals surface area contributed by atoms with E-state index < -0.39 is 0 Å². The van der Waals surface area contributed by atoms with Gasteiger partial charge in [-0.25, -0.2) is 0 Å². The van der Waals surface area contributed by atoms with Crippen LogP contribution in [0.25, 0.3) is 55.3 Å². The smallest absolute Gasteiger partial charge is 0.135 e. The number of hydrogen-bond donors (Lipinski definition) is 1. The van der Waals surface area contributed by atoms with E-state index >= 15 is 0 Å². The van der Waals surface area contributed by atoms with E-state index in [-0.39, 0.29) is 5.41 Å². The quantitative estimate of drug-likeness (QED) is 0.246. The highest BCUT2D eigenvalue weighted by Gasteiger charge is 2.35. The van der Waals surface area contributed by atoms with Gasteiger partial charge in [0, 0.05) is 27.6 Å². The highest BCUT2D eigenvalue weighted by molar-refractivity contribution is 6.06. The molecule has 0 saturated carbocycles. The average Bonchev–Trinajstić information content (AvgIpc) is 3.49. The van der Waals surface area contributed by atoms with Gasteiger partial charge in [-0.3, -0.25) is 0 Å². The van der Waals surface area contributed by atoms with Gasteiger partial charge in [-0.1, -0.05) is 98.8 Å². The van der Waals surface area contributed by atoms with Crippen molar-refractivity contribution in [3.05, 3.63) is 145 Å². The number of fused-ring (bicyclic) bond motifs is 6. The topological polar surface area (TPSA) is 25.2 Å². The molecule has 0 saturated heterocycles. The first-order chi connectivity index (χ1) is 20.0. The number of anilines is 2. The molecule has 0 unspecified atom stereocenters. The Morgan fingerprint density at radius 2 is 1.05 bits per heavy atom. The Kier molecular flexibility index (Phi) is 5.20. The minimum Gasteiger partial charge on any atom is -0.456 e. The van der Waals surface area contributed by atoms with Crippen molar-refractivity contribution < 1.29 is 4.42 Å². The zero-order valence-electron chi connectivity index (χ0n) is 23.1. The fourth-order valence-electron chi connectivity index (χ4n) is 6.44. The van der Waals surface area contributed by atoms with Gasteiger partial charge in [-0.05, 0) is 93.0 Å². The minimum absolute atomic E-state index is 0.0765. The molecule has 2 heteroatoms.